The highest BCUT2D eigenvalue weighted by Gasteiger charge is 2.33. The van der Waals surface area contributed by atoms with Crippen LogP contribution in [0.3, 0.4) is 0 Å². The summed E-state index contributed by atoms with van der Waals surface area (Å²) in [4.78, 5) is 38.7. The molecule has 4 aliphatic rings. The fourth-order valence-electron chi connectivity index (χ4n) is 8.40. The summed E-state index contributed by atoms with van der Waals surface area (Å²) >= 11 is 0. The number of amides is 2. The lowest BCUT2D eigenvalue weighted by Gasteiger charge is -2.37. The number of nitrogen functional groups attached to an aromatic ring is 1. The second kappa shape index (κ2) is 19.9. The van der Waals surface area contributed by atoms with Gasteiger partial charge in [0.25, 0.3) is 11.8 Å². The predicted molar refractivity (Wildman–Crippen MR) is 235 cm³/mol. The van der Waals surface area contributed by atoms with Crippen molar-refractivity contribution in [2.75, 3.05) is 130 Å². The fourth-order valence-corrected chi connectivity index (χ4v) is 8.40. The summed E-state index contributed by atoms with van der Waals surface area (Å²) in [7, 11) is 0. The number of aromatic nitrogens is 4. The van der Waals surface area contributed by atoms with Crippen molar-refractivity contribution in [2.45, 2.75) is 12.4 Å². The van der Waals surface area contributed by atoms with Crippen LogP contribution >= 0.6 is 0 Å². The van der Waals surface area contributed by atoms with Crippen LogP contribution in [-0.2, 0) is 21.8 Å². The number of anilines is 5. The molecule has 350 valence electrons. The lowest BCUT2D eigenvalue weighted by Crippen LogP contribution is -2.49. The molecule has 0 saturated carbocycles. The highest BCUT2D eigenvalue weighted by molar-refractivity contribution is 6.01. The van der Waals surface area contributed by atoms with Crippen molar-refractivity contribution in [1.82, 2.24) is 30.0 Å². The molecule has 0 unspecified atom stereocenters. The van der Waals surface area contributed by atoms with E-state index in [0.29, 0.717) is 133 Å². The monoisotopic (exact) mass is 921 g/mol. The molecule has 4 fully saturated rings. The van der Waals surface area contributed by atoms with Crippen LogP contribution < -0.4 is 25.3 Å². The van der Waals surface area contributed by atoms with Gasteiger partial charge < -0.3 is 44.6 Å². The van der Waals surface area contributed by atoms with E-state index in [1.165, 1.54) is 35.3 Å². The molecular formula is C45H49F6N11O4. The van der Waals surface area contributed by atoms with Gasteiger partial charge in [-0.1, -0.05) is 0 Å². The normalized spacial score (nSPS) is 17.4. The van der Waals surface area contributed by atoms with Gasteiger partial charge in [-0.25, -0.2) is 4.68 Å². The van der Waals surface area contributed by atoms with E-state index in [2.05, 4.69) is 25.3 Å². The molecule has 2 N–H and O–H groups in total. The van der Waals surface area contributed by atoms with E-state index in [4.69, 9.17) is 15.2 Å². The van der Waals surface area contributed by atoms with Crippen LogP contribution in [0.4, 0.5) is 54.8 Å². The van der Waals surface area contributed by atoms with E-state index in [9.17, 15) is 35.9 Å². The van der Waals surface area contributed by atoms with Crippen molar-refractivity contribution in [2.24, 2.45) is 0 Å². The number of piperazine rings is 2. The third-order valence-corrected chi connectivity index (χ3v) is 12.0. The minimum absolute atomic E-state index is 0.0825. The molecule has 21 heteroatoms. The largest absolute Gasteiger partial charge is 0.416 e. The Balaban J connectivity index is 0.000000181. The smallest absolute Gasteiger partial charge is 0.399 e. The SMILES string of the molecule is Nc1ccc(N2CCOCC2)c(C(=O)N2CCN(c3ccc(C(F)(F)F)cc3)CC2)c1.O=C(c1cc(-n2cnnn2)ccc1N1CCOCC1)N1CCN(c2ccc(C(F)(F)F)cc2)CC1. The molecule has 15 nitrogen and oxygen atoms in total. The van der Waals surface area contributed by atoms with E-state index < -0.39 is 23.5 Å². The van der Waals surface area contributed by atoms with E-state index in [1.807, 2.05) is 28.0 Å². The Kier molecular flexibility index (Phi) is 13.8. The number of halogens is 6. The molecule has 4 saturated heterocycles. The number of nitrogens with two attached hydrogens (primary N) is 1. The average molecular weight is 922 g/mol. The molecule has 0 bridgehead atoms. The van der Waals surface area contributed by atoms with Crippen molar-refractivity contribution in [3.05, 3.63) is 114 Å². The molecule has 0 atom stereocenters. The Morgan fingerprint density at radius 3 is 1.32 bits per heavy atom. The molecule has 1 aromatic heterocycles. The van der Waals surface area contributed by atoms with Crippen molar-refractivity contribution in [3.63, 3.8) is 0 Å². The van der Waals surface area contributed by atoms with Gasteiger partial charge in [-0.3, -0.25) is 9.59 Å². The van der Waals surface area contributed by atoms with Crippen molar-refractivity contribution in [1.29, 1.82) is 0 Å². The number of carbonyl (C=O) groups is 2. The maximum Gasteiger partial charge on any atom is 0.416 e. The second-order valence-corrected chi connectivity index (χ2v) is 16.1. The fraction of sp³-hybridized carbons (Fsp3) is 0.400. The number of hydrogen-bond donors (Lipinski definition) is 1. The van der Waals surface area contributed by atoms with Crippen molar-refractivity contribution in [3.8, 4) is 5.69 Å². The van der Waals surface area contributed by atoms with Crippen LogP contribution in [0.2, 0.25) is 0 Å². The van der Waals surface area contributed by atoms with Crippen LogP contribution in [0.1, 0.15) is 31.8 Å². The van der Waals surface area contributed by atoms with Crippen LogP contribution in [-0.4, -0.2) is 147 Å². The van der Waals surface area contributed by atoms with Crippen LogP contribution in [0.25, 0.3) is 5.69 Å². The van der Waals surface area contributed by atoms with Gasteiger partial charge >= 0.3 is 12.4 Å². The molecule has 5 aromatic rings. The third kappa shape index (κ3) is 10.7. The summed E-state index contributed by atoms with van der Waals surface area (Å²) in [5.74, 6) is -0.186. The Morgan fingerprint density at radius 1 is 0.500 bits per heavy atom. The van der Waals surface area contributed by atoms with Gasteiger partial charge in [0.05, 0.1) is 54.4 Å². The Morgan fingerprint density at radius 2 is 0.909 bits per heavy atom. The highest BCUT2D eigenvalue weighted by Crippen LogP contribution is 2.33. The maximum atomic E-state index is 13.6. The van der Waals surface area contributed by atoms with Gasteiger partial charge in [-0.2, -0.15) is 26.3 Å². The topological polar surface area (TPSA) is 142 Å². The third-order valence-electron chi connectivity index (χ3n) is 12.0. The summed E-state index contributed by atoms with van der Waals surface area (Å²) < 4.78 is 89.3. The number of carbonyl (C=O) groups excluding carboxylic acids is 2. The van der Waals surface area contributed by atoms with Gasteiger partial charge in [0, 0.05) is 107 Å². The first kappa shape index (κ1) is 45.9. The Labute approximate surface area is 376 Å². The van der Waals surface area contributed by atoms with Crippen LogP contribution in [0.5, 0.6) is 0 Å². The number of nitrogens with zero attached hydrogens (tertiary/aromatic N) is 10. The Bertz CT molecular complexity index is 2410. The zero-order chi connectivity index (χ0) is 46.4. The zero-order valence-corrected chi connectivity index (χ0v) is 35.9. The van der Waals surface area contributed by atoms with Crippen molar-refractivity contribution >= 4 is 40.3 Å². The molecule has 9 rings (SSSR count). The number of morpholine rings is 2. The van der Waals surface area contributed by atoms with Crippen molar-refractivity contribution < 1.29 is 45.4 Å². The molecular weight excluding hydrogens is 873 g/mol. The van der Waals surface area contributed by atoms with Gasteiger partial charge in [0.1, 0.15) is 6.33 Å². The van der Waals surface area contributed by atoms with E-state index in [-0.39, 0.29) is 11.8 Å². The first-order valence-corrected chi connectivity index (χ1v) is 21.6. The predicted octanol–water partition coefficient (Wildman–Crippen LogP) is 5.57. The second-order valence-electron chi connectivity index (χ2n) is 16.1. The molecule has 4 aliphatic heterocycles. The summed E-state index contributed by atoms with van der Waals surface area (Å²) in [6, 6.07) is 21.3. The van der Waals surface area contributed by atoms with Gasteiger partial charge in [0.2, 0.25) is 0 Å². The van der Waals surface area contributed by atoms with E-state index in [1.54, 1.807) is 28.0 Å². The molecule has 66 heavy (non-hydrogen) atoms. The first-order valence-electron chi connectivity index (χ1n) is 21.6. The lowest BCUT2D eigenvalue weighted by molar-refractivity contribution is -0.138. The number of hydrogen-bond acceptors (Lipinski definition) is 12. The summed E-state index contributed by atoms with van der Waals surface area (Å²) in [5, 5.41) is 11.3. The van der Waals surface area contributed by atoms with Gasteiger partial charge in [-0.15, -0.1) is 5.10 Å². The summed E-state index contributed by atoms with van der Waals surface area (Å²) in [5.41, 5.74) is 10.1. The Hall–Kier alpha value is -6.61. The number of tetrazole rings is 1. The molecule has 0 aliphatic carbocycles. The molecule has 0 radical (unpaired) electrons. The lowest BCUT2D eigenvalue weighted by atomic mass is 10.1. The average Bonchev–Trinajstić information content (AvgIpc) is 3.89. The van der Waals surface area contributed by atoms with Crippen LogP contribution in [0.15, 0.2) is 91.3 Å². The number of ether oxygens (including phenoxy) is 2. The summed E-state index contributed by atoms with van der Waals surface area (Å²) in [6.07, 6.45) is -7.24. The quantitative estimate of drug-likeness (QED) is 0.161. The number of alkyl halides is 6. The van der Waals surface area contributed by atoms with E-state index in [0.717, 1.165) is 41.3 Å². The molecule has 0 spiro atoms. The zero-order valence-electron chi connectivity index (χ0n) is 35.9. The number of benzene rings is 4. The molecule has 5 heterocycles. The standard InChI is InChI=1S/C23H24F3N7O2.C22H25F3N4O2/c24-23(25,26)17-1-3-18(4-2-17)30-7-9-32(10-8-30)22(34)20-15-19(33-16-27-28-29-33)5-6-21(20)31-11-13-35-14-12-31;23-22(24,25)16-1-4-18(5-2-16)27-7-9-29(10-8-27)21(30)19-15-17(26)3-6-20(19)28-11-13-31-14-12-28/h1-6,15-16H,7-14H2;1-6,15H,7-14,26H2. The minimum atomic E-state index is -4.36. The summed E-state index contributed by atoms with van der Waals surface area (Å²) in [6.45, 7) is 9.24. The number of rotatable bonds is 7. The molecule has 2 amide bonds. The van der Waals surface area contributed by atoms with Gasteiger partial charge in [0.15, 0.2) is 0 Å². The van der Waals surface area contributed by atoms with Crippen LogP contribution in [0, 0.1) is 0 Å². The first-order chi connectivity index (χ1) is 31.7. The molecule has 4 aromatic carbocycles. The van der Waals surface area contributed by atoms with Gasteiger partial charge in [-0.05, 0) is 95.4 Å². The minimum Gasteiger partial charge on any atom is -0.399 e. The van der Waals surface area contributed by atoms with E-state index >= 15 is 0 Å². The maximum absolute atomic E-state index is 13.6. The highest BCUT2D eigenvalue weighted by atomic mass is 19.4.